The number of benzene rings is 1. The first-order valence-electron chi connectivity index (χ1n) is 5.16. The molecular formula is C11H16ClN4O+. The third kappa shape index (κ3) is 1.99. The van der Waals surface area contributed by atoms with E-state index in [0.717, 1.165) is 5.56 Å². The van der Waals surface area contributed by atoms with Gasteiger partial charge in [-0.1, -0.05) is 23.7 Å². The summed E-state index contributed by atoms with van der Waals surface area (Å²) in [7, 11) is 0. The standard InChI is InChI=1S/C11H15ClN4O/c1-3-16(10(13)14,11(15)17)9-7(2)5-4-6-8(9)12/h4-6H,3H2,1-2H3,(H4-,13,14,15,17)/p+1. The Bertz CT molecular complexity index is 438. The topological polar surface area (TPSA) is 93.0 Å². The molecule has 5 N–H and O–H groups in total. The van der Waals surface area contributed by atoms with E-state index in [1.54, 1.807) is 32.0 Å². The van der Waals surface area contributed by atoms with Gasteiger partial charge in [0, 0.05) is 5.56 Å². The summed E-state index contributed by atoms with van der Waals surface area (Å²) >= 11 is 6.11. The molecule has 0 aromatic heterocycles. The van der Waals surface area contributed by atoms with Gasteiger partial charge in [0.05, 0.1) is 6.54 Å². The normalized spacial score (nSPS) is 14.1. The number of nitrogens with one attached hydrogen (secondary N) is 1. The van der Waals surface area contributed by atoms with Gasteiger partial charge in [0.15, 0.2) is 5.69 Å². The average molecular weight is 256 g/mol. The van der Waals surface area contributed by atoms with E-state index < -0.39 is 10.5 Å². The van der Waals surface area contributed by atoms with E-state index in [-0.39, 0.29) is 12.5 Å². The van der Waals surface area contributed by atoms with E-state index in [9.17, 15) is 4.79 Å². The molecule has 0 fully saturated rings. The van der Waals surface area contributed by atoms with Crippen LogP contribution in [0.2, 0.25) is 5.02 Å². The number of para-hydroxylation sites is 1. The van der Waals surface area contributed by atoms with Gasteiger partial charge in [-0.05, 0) is 19.9 Å². The quantitative estimate of drug-likeness (QED) is 0.428. The number of halogens is 1. The fraction of sp³-hybridized carbons (Fsp3) is 0.273. The Morgan fingerprint density at radius 2 is 2.06 bits per heavy atom. The molecule has 0 aliphatic heterocycles. The van der Waals surface area contributed by atoms with Crippen molar-refractivity contribution in [2.45, 2.75) is 13.8 Å². The first-order chi connectivity index (χ1) is 7.87. The molecule has 0 radical (unpaired) electrons. The number of guanidine groups is 1. The number of urea groups is 1. The van der Waals surface area contributed by atoms with Gasteiger partial charge in [-0.15, -0.1) is 4.48 Å². The number of carbonyl (C=O) groups excluding carboxylic acids is 1. The van der Waals surface area contributed by atoms with Gasteiger partial charge in [0.2, 0.25) is 0 Å². The molecule has 1 atom stereocenters. The molecule has 0 saturated heterocycles. The third-order valence-corrected chi connectivity index (χ3v) is 3.14. The smallest absolute Gasteiger partial charge is 0.337 e. The Morgan fingerprint density at radius 1 is 1.47 bits per heavy atom. The first-order valence-corrected chi connectivity index (χ1v) is 5.54. The van der Waals surface area contributed by atoms with Crippen molar-refractivity contribution in [1.82, 2.24) is 4.48 Å². The van der Waals surface area contributed by atoms with E-state index in [2.05, 4.69) is 0 Å². The summed E-state index contributed by atoms with van der Waals surface area (Å²) in [6.45, 7) is 3.78. The lowest BCUT2D eigenvalue weighted by atomic mass is 10.1. The minimum Gasteiger partial charge on any atom is -0.337 e. The van der Waals surface area contributed by atoms with Gasteiger partial charge in [-0.3, -0.25) is 0 Å². The molecule has 0 aliphatic rings. The van der Waals surface area contributed by atoms with Crippen LogP contribution in [-0.2, 0) is 0 Å². The Labute approximate surface area is 105 Å². The summed E-state index contributed by atoms with van der Waals surface area (Å²) in [6, 6.07) is 4.51. The SMILES string of the molecule is CC[N+](C(=N)N)(C(N)=O)c1c(C)cccc1Cl. The summed E-state index contributed by atoms with van der Waals surface area (Å²) in [5, 5.41) is 8.03. The molecular weight excluding hydrogens is 240 g/mol. The highest BCUT2D eigenvalue weighted by Gasteiger charge is 2.43. The Hall–Kier alpha value is -1.59. The fourth-order valence-electron chi connectivity index (χ4n) is 1.94. The van der Waals surface area contributed by atoms with Crippen molar-refractivity contribution in [2.75, 3.05) is 6.54 Å². The molecule has 0 heterocycles. The minimum atomic E-state index is -0.712. The maximum Gasteiger partial charge on any atom is 0.426 e. The predicted molar refractivity (Wildman–Crippen MR) is 70.0 cm³/mol. The number of aryl methyl sites for hydroxylation is 1. The van der Waals surface area contributed by atoms with Crippen LogP contribution in [0.15, 0.2) is 18.2 Å². The highest BCUT2D eigenvalue weighted by molar-refractivity contribution is 6.34. The number of quaternary nitrogens is 1. The van der Waals surface area contributed by atoms with E-state index >= 15 is 0 Å². The number of nitrogens with zero attached hydrogens (tertiary/aromatic N) is 1. The molecule has 1 unspecified atom stereocenters. The minimum absolute atomic E-state index is 0.245. The zero-order valence-electron chi connectivity index (χ0n) is 9.83. The lowest BCUT2D eigenvalue weighted by molar-refractivity contribution is 0.230. The first kappa shape index (κ1) is 13.5. The number of amides is 2. The van der Waals surface area contributed by atoms with E-state index in [4.69, 9.17) is 28.5 Å². The van der Waals surface area contributed by atoms with Crippen LogP contribution in [0, 0.1) is 12.3 Å². The third-order valence-electron chi connectivity index (χ3n) is 2.83. The van der Waals surface area contributed by atoms with Gasteiger partial charge in [-0.2, -0.15) is 0 Å². The van der Waals surface area contributed by atoms with Crippen molar-refractivity contribution in [2.24, 2.45) is 11.5 Å². The Morgan fingerprint density at radius 3 is 2.41 bits per heavy atom. The highest BCUT2D eigenvalue weighted by atomic mass is 35.5. The number of hydrogen-bond acceptors (Lipinski definition) is 2. The summed E-state index contributed by atoms with van der Waals surface area (Å²) < 4.78 is -0.550. The van der Waals surface area contributed by atoms with Crippen molar-refractivity contribution in [1.29, 1.82) is 5.41 Å². The highest BCUT2D eigenvalue weighted by Crippen LogP contribution is 2.34. The second-order valence-corrected chi connectivity index (χ2v) is 4.16. The molecule has 0 aliphatic carbocycles. The number of carbonyl (C=O) groups is 1. The summed E-state index contributed by atoms with van der Waals surface area (Å²) in [4.78, 5) is 11.7. The van der Waals surface area contributed by atoms with Gasteiger partial charge in [0.25, 0.3) is 0 Å². The van der Waals surface area contributed by atoms with Crippen molar-refractivity contribution >= 4 is 29.3 Å². The predicted octanol–water partition coefficient (Wildman–Crippen LogP) is 1.95. The molecule has 17 heavy (non-hydrogen) atoms. The van der Waals surface area contributed by atoms with Crippen LogP contribution < -0.4 is 16.0 Å². The summed E-state index contributed by atoms with van der Waals surface area (Å²) in [5.41, 5.74) is 12.2. The van der Waals surface area contributed by atoms with Gasteiger partial charge >= 0.3 is 12.0 Å². The molecule has 0 spiro atoms. The number of primary amides is 1. The van der Waals surface area contributed by atoms with Crippen molar-refractivity contribution < 1.29 is 4.79 Å². The lowest BCUT2D eigenvalue weighted by Crippen LogP contribution is -2.64. The number of hydrogen-bond donors (Lipinski definition) is 3. The average Bonchev–Trinajstić information content (AvgIpc) is 2.22. The molecule has 2 amide bonds. The summed E-state index contributed by atoms with van der Waals surface area (Å²) in [5.74, 6) is -0.337. The second-order valence-electron chi connectivity index (χ2n) is 3.75. The second kappa shape index (κ2) is 4.73. The van der Waals surface area contributed by atoms with Crippen molar-refractivity contribution in [3.05, 3.63) is 28.8 Å². The Kier molecular flexibility index (Phi) is 3.75. The van der Waals surface area contributed by atoms with Crippen molar-refractivity contribution in [3.8, 4) is 0 Å². The maximum absolute atomic E-state index is 11.7. The maximum atomic E-state index is 11.7. The zero-order valence-corrected chi connectivity index (χ0v) is 10.6. The zero-order chi connectivity index (χ0) is 13.2. The van der Waals surface area contributed by atoms with Crippen LogP contribution in [0.4, 0.5) is 10.5 Å². The molecule has 1 rings (SSSR count). The summed E-state index contributed by atoms with van der Waals surface area (Å²) in [6.07, 6.45) is 0. The monoisotopic (exact) mass is 255 g/mol. The molecule has 1 aromatic carbocycles. The fourth-order valence-corrected chi connectivity index (χ4v) is 2.31. The molecule has 6 heteroatoms. The van der Waals surface area contributed by atoms with Crippen molar-refractivity contribution in [3.63, 3.8) is 0 Å². The van der Waals surface area contributed by atoms with Crippen LogP contribution in [0.5, 0.6) is 0 Å². The lowest BCUT2D eigenvalue weighted by Gasteiger charge is -2.31. The molecule has 0 saturated carbocycles. The van der Waals surface area contributed by atoms with E-state index in [1.807, 2.05) is 0 Å². The Balaban J connectivity index is 3.64. The van der Waals surface area contributed by atoms with Crippen LogP contribution in [0.25, 0.3) is 0 Å². The largest absolute Gasteiger partial charge is 0.426 e. The van der Waals surface area contributed by atoms with E-state index in [1.165, 1.54) is 0 Å². The van der Waals surface area contributed by atoms with Gasteiger partial charge < -0.3 is 11.5 Å². The number of rotatable bonds is 2. The molecule has 92 valence electrons. The van der Waals surface area contributed by atoms with Crippen LogP contribution in [0.3, 0.4) is 0 Å². The van der Waals surface area contributed by atoms with Gasteiger partial charge in [0.1, 0.15) is 5.02 Å². The van der Waals surface area contributed by atoms with Gasteiger partial charge in [-0.25, -0.2) is 10.2 Å². The molecule has 0 bridgehead atoms. The number of nitrogens with two attached hydrogens (primary N) is 2. The van der Waals surface area contributed by atoms with Crippen LogP contribution in [0.1, 0.15) is 12.5 Å². The van der Waals surface area contributed by atoms with E-state index in [0.29, 0.717) is 10.7 Å². The molecule has 1 aromatic rings. The molecule has 5 nitrogen and oxygen atoms in total. The van der Waals surface area contributed by atoms with Crippen LogP contribution in [-0.4, -0.2) is 18.5 Å². The van der Waals surface area contributed by atoms with Crippen LogP contribution >= 0.6 is 11.6 Å².